The van der Waals surface area contributed by atoms with Gasteiger partial charge < -0.3 is 5.32 Å². The maximum Gasteiger partial charge on any atom is 0.0706 e. The summed E-state index contributed by atoms with van der Waals surface area (Å²) in [4.78, 5) is 0. The first-order valence-corrected chi connectivity index (χ1v) is 8.42. The Kier molecular flexibility index (Phi) is 4.59. The summed E-state index contributed by atoms with van der Waals surface area (Å²) < 4.78 is 2.03. The molecule has 2 aromatic rings. The van der Waals surface area contributed by atoms with Crippen LogP contribution in [0.2, 0.25) is 0 Å². The zero-order valence-electron chi connectivity index (χ0n) is 13.3. The van der Waals surface area contributed by atoms with Gasteiger partial charge in [-0.3, -0.25) is 4.68 Å². The smallest absolute Gasteiger partial charge is 0.0706 e. The molecule has 3 rings (SSSR count). The quantitative estimate of drug-likeness (QED) is 0.908. The molecule has 0 aliphatic heterocycles. The minimum absolute atomic E-state index is 0.721. The number of para-hydroxylation sites is 1. The number of benzene rings is 1. The van der Waals surface area contributed by atoms with Crippen molar-refractivity contribution in [2.24, 2.45) is 13.0 Å². The van der Waals surface area contributed by atoms with E-state index in [0.29, 0.717) is 0 Å². The summed E-state index contributed by atoms with van der Waals surface area (Å²) in [5.74, 6) is 0.784. The fourth-order valence-electron chi connectivity index (χ4n) is 3.72. The molecule has 2 unspecified atom stereocenters. The van der Waals surface area contributed by atoms with Gasteiger partial charge in [0.15, 0.2) is 0 Å². The molecule has 0 spiro atoms. The largest absolute Gasteiger partial charge is 0.314 e. The highest BCUT2D eigenvalue weighted by Crippen LogP contribution is 2.29. The summed E-state index contributed by atoms with van der Waals surface area (Å²) in [5.41, 5.74) is 2.54. The first-order chi connectivity index (χ1) is 10.3. The van der Waals surface area contributed by atoms with Gasteiger partial charge in [0, 0.05) is 18.5 Å². The van der Waals surface area contributed by atoms with Crippen molar-refractivity contribution in [3.05, 3.63) is 30.0 Å². The number of aryl methyl sites for hydroxylation is 1. The number of aromatic nitrogens is 2. The molecule has 21 heavy (non-hydrogen) atoms. The zero-order valence-corrected chi connectivity index (χ0v) is 13.3. The monoisotopic (exact) mass is 285 g/mol. The van der Waals surface area contributed by atoms with Gasteiger partial charge in [0.2, 0.25) is 0 Å². The molecule has 1 aromatic carbocycles. The molecule has 3 heteroatoms. The van der Waals surface area contributed by atoms with E-state index in [0.717, 1.165) is 24.9 Å². The molecular formula is C18H27N3. The molecule has 114 valence electrons. The highest BCUT2D eigenvalue weighted by atomic mass is 15.3. The van der Waals surface area contributed by atoms with Crippen LogP contribution in [-0.2, 0) is 13.5 Å². The van der Waals surface area contributed by atoms with Crippen LogP contribution in [0.4, 0.5) is 0 Å². The van der Waals surface area contributed by atoms with Crippen LogP contribution in [-0.4, -0.2) is 22.4 Å². The fourth-order valence-corrected chi connectivity index (χ4v) is 3.72. The second-order valence-corrected chi connectivity index (χ2v) is 6.48. The predicted molar refractivity (Wildman–Crippen MR) is 88.5 cm³/mol. The Hall–Kier alpha value is -1.35. The maximum absolute atomic E-state index is 4.77. The van der Waals surface area contributed by atoms with Crippen molar-refractivity contribution in [1.29, 1.82) is 0 Å². The lowest BCUT2D eigenvalue weighted by atomic mass is 9.82. The Bertz CT molecular complexity index is 587. The number of fused-ring (bicyclic) bond motifs is 1. The van der Waals surface area contributed by atoms with E-state index in [1.807, 2.05) is 4.68 Å². The van der Waals surface area contributed by atoms with Crippen LogP contribution in [0.5, 0.6) is 0 Å². The third kappa shape index (κ3) is 3.29. The minimum atomic E-state index is 0.721. The second-order valence-electron chi connectivity index (χ2n) is 6.48. The van der Waals surface area contributed by atoms with Crippen LogP contribution in [0.3, 0.4) is 0 Å². The predicted octanol–water partition coefficient (Wildman–Crippen LogP) is 3.67. The van der Waals surface area contributed by atoms with E-state index in [9.17, 15) is 0 Å². The van der Waals surface area contributed by atoms with Gasteiger partial charge in [0.05, 0.1) is 11.2 Å². The molecule has 1 N–H and O–H groups in total. The molecule has 3 nitrogen and oxygen atoms in total. The van der Waals surface area contributed by atoms with E-state index in [2.05, 4.69) is 43.6 Å². The van der Waals surface area contributed by atoms with E-state index in [4.69, 9.17) is 5.10 Å². The van der Waals surface area contributed by atoms with Gasteiger partial charge in [0.25, 0.3) is 0 Å². The average molecular weight is 285 g/mol. The molecule has 0 radical (unpaired) electrons. The number of hydrogen-bond donors (Lipinski definition) is 1. The number of nitrogens with zero attached hydrogens (tertiary/aromatic N) is 2. The molecular weight excluding hydrogens is 258 g/mol. The summed E-state index contributed by atoms with van der Waals surface area (Å²) in [7, 11) is 2.05. The summed E-state index contributed by atoms with van der Waals surface area (Å²) >= 11 is 0. The fraction of sp³-hybridized carbons (Fsp3) is 0.611. The minimum Gasteiger partial charge on any atom is -0.314 e. The lowest BCUT2D eigenvalue weighted by Crippen LogP contribution is -2.35. The molecule has 0 bridgehead atoms. The van der Waals surface area contributed by atoms with Crippen LogP contribution in [0.1, 0.15) is 44.7 Å². The number of hydrogen-bond acceptors (Lipinski definition) is 2. The highest BCUT2D eigenvalue weighted by molar-refractivity contribution is 5.81. The van der Waals surface area contributed by atoms with E-state index in [1.54, 1.807) is 0 Å². The summed E-state index contributed by atoms with van der Waals surface area (Å²) in [6, 6.07) is 9.32. The molecule has 1 saturated carbocycles. The van der Waals surface area contributed by atoms with E-state index >= 15 is 0 Å². The molecule has 1 heterocycles. The Balaban J connectivity index is 1.70. The van der Waals surface area contributed by atoms with E-state index in [1.165, 1.54) is 48.7 Å². The van der Waals surface area contributed by atoms with Crippen molar-refractivity contribution >= 4 is 10.9 Å². The Morgan fingerprint density at radius 3 is 3.00 bits per heavy atom. The van der Waals surface area contributed by atoms with Gasteiger partial charge in [-0.25, -0.2) is 0 Å². The topological polar surface area (TPSA) is 29.9 Å². The van der Waals surface area contributed by atoms with Crippen molar-refractivity contribution in [2.45, 2.75) is 51.5 Å². The third-order valence-electron chi connectivity index (χ3n) is 4.78. The van der Waals surface area contributed by atoms with Crippen molar-refractivity contribution in [2.75, 3.05) is 6.54 Å². The number of rotatable bonds is 5. The van der Waals surface area contributed by atoms with Crippen molar-refractivity contribution in [3.8, 4) is 0 Å². The normalized spacial score (nSPS) is 22.8. The summed E-state index contributed by atoms with van der Waals surface area (Å²) in [5, 5.41) is 9.81. The first kappa shape index (κ1) is 14.6. The van der Waals surface area contributed by atoms with Crippen LogP contribution in [0.25, 0.3) is 10.9 Å². The molecule has 0 amide bonds. The highest BCUT2D eigenvalue weighted by Gasteiger charge is 2.23. The zero-order chi connectivity index (χ0) is 14.7. The van der Waals surface area contributed by atoms with Gasteiger partial charge in [-0.05, 0) is 50.6 Å². The Morgan fingerprint density at radius 2 is 2.14 bits per heavy atom. The molecule has 0 saturated heterocycles. The lowest BCUT2D eigenvalue weighted by molar-refractivity contribution is 0.283. The van der Waals surface area contributed by atoms with Crippen LogP contribution in [0.15, 0.2) is 24.3 Å². The second kappa shape index (κ2) is 6.61. The van der Waals surface area contributed by atoms with Crippen molar-refractivity contribution in [1.82, 2.24) is 15.1 Å². The molecule has 1 aliphatic carbocycles. The van der Waals surface area contributed by atoms with Crippen LogP contribution >= 0.6 is 0 Å². The standard InChI is InChI=1S/C18H27N3/c1-3-11-19-15-8-6-7-14(12-15)13-17-16-9-4-5-10-18(16)21(2)20-17/h4-5,9-10,14-15,19H,3,6-8,11-13H2,1-2H3. The lowest BCUT2D eigenvalue weighted by Gasteiger charge is -2.29. The Labute approximate surface area is 127 Å². The maximum atomic E-state index is 4.77. The van der Waals surface area contributed by atoms with Gasteiger partial charge in [-0.2, -0.15) is 5.10 Å². The molecule has 1 aromatic heterocycles. The van der Waals surface area contributed by atoms with E-state index < -0.39 is 0 Å². The van der Waals surface area contributed by atoms with Gasteiger partial charge in [0.1, 0.15) is 0 Å². The number of nitrogens with one attached hydrogen (secondary N) is 1. The van der Waals surface area contributed by atoms with Crippen LogP contribution in [0, 0.1) is 5.92 Å². The van der Waals surface area contributed by atoms with Crippen molar-refractivity contribution in [3.63, 3.8) is 0 Å². The Morgan fingerprint density at radius 1 is 1.29 bits per heavy atom. The average Bonchev–Trinajstić information content (AvgIpc) is 2.82. The van der Waals surface area contributed by atoms with Crippen LogP contribution < -0.4 is 5.32 Å². The first-order valence-electron chi connectivity index (χ1n) is 8.42. The molecule has 2 atom stereocenters. The summed E-state index contributed by atoms with van der Waals surface area (Å²) in [6.45, 7) is 3.40. The summed E-state index contributed by atoms with van der Waals surface area (Å²) in [6.07, 6.45) is 7.73. The van der Waals surface area contributed by atoms with Gasteiger partial charge in [-0.1, -0.05) is 31.5 Å². The van der Waals surface area contributed by atoms with Crippen molar-refractivity contribution < 1.29 is 0 Å². The van der Waals surface area contributed by atoms with Gasteiger partial charge >= 0.3 is 0 Å². The van der Waals surface area contributed by atoms with Gasteiger partial charge in [-0.15, -0.1) is 0 Å². The molecule has 1 aliphatic rings. The third-order valence-corrected chi connectivity index (χ3v) is 4.78. The SMILES string of the molecule is CCCNC1CCCC(Cc2nn(C)c3ccccc23)C1. The molecule has 1 fully saturated rings. The van der Waals surface area contributed by atoms with E-state index in [-0.39, 0.29) is 0 Å².